The van der Waals surface area contributed by atoms with E-state index in [0.717, 1.165) is 10.6 Å². The van der Waals surface area contributed by atoms with Crippen molar-refractivity contribution >= 4 is 18.1 Å². The zero-order valence-corrected chi connectivity index (χ0v) is 16.2. The van der Waals surface area contributed by atoms with E-state index < -0.39 is 23.8 Å². The van der Waals surface area contributed by atoms with Gasteiger partial charge in [-0.25, -0.2) is 19.6 Å². The lowest BCUT2D eigenvalue weighted by Gasteiger charge is -2.37. The Morgan fingerprint density at radius 3 is 2.56 bits per heavy atom. The molecule has 1 fully saturated rings. The van der Waals surface area contributed by atoms with Gasteiger partial charge in [0.15, 0.2) is 0 Å². The summed E-state index contributed by atoms with van der Waals surface area (Å²) >= 11 is 0. The summed E-state index contributed by atoms with van der Waals surface area (Å²) in [7, 11) is 1.47. The number of benzene rings is 1. The average molecular weight is 377 g/mol. The SMILES string of the molecule is CN(C(=O)OCc1ccccc1)N1CCC[C@H](NC(=O)OC(C)(C)C)C1=O. The Morgan fingerprint density at radius 2 is 1.93 bits per heavy atom. The smallest absolute Gasteiger partial charge is 0.428 e. The molecule has 3 amide bonds. The molecular formula is C19H27N3O5. The van der Waals surface area contributed by atoms with Gasteiger partial charge in [0.1, 0.15) is 18.2 Å². The van der Waals surface area contributed by atoms with E-state index in [1.54, 1.807) is 20.8 Å². The van der Waals surface area contributed by atoms with Crippen LogP contribution in [0, 0.1) is 0 Å². The van der Waals surface area contributed by atoms with Crippen LogP contribution in [0.2, 0.25) is 0 Å². The van der Waals surface area contributed by atoms with E-state index >= 15 is 0 Å². The Morgan fingerprint density at radius 1 is 1.26 bits per heavy atom. The highest BCUT2D eigenvalue weighted by Crippen LogP contribution is 2.16. The summed E-state index contributed by atoms with van der Waals surface area (Å²) < 4.78 is 10.4. The third kappa shape index (κ3) is 6.16. The van der Waals surface area contributed by atoms with Gasteiger partial charge in [-0.15, -0.1) is 0 Å². The average Bonchev–Trinajstić information content (AvgIpc) is 2.60. The zero-order chi connectivity index (χ0) is 20.0. The Balaban J connectivity index is 1.91. The lowest BCUT2D eigenvalue weighted by molar-refractivity contribution is -0.150. The van der Waals surface area contributed by atoms with Crippen molar-refractivity contribution < 1.29 is 23.9 Å². The maximum Gasteiger partial charge on any atom is 0.428 e. The first-order valence-corrected chi connectivity index (χ1v) is 8.92. The number of hydrogen-bond acceptors (Lipinski definition) is 5. The molecule has 0 aliphatic carbocycles. The number of hydrazine groups is 1. The van der Waals surface area contributed by atoms with Gasteiger partial charge in [0.25, 0.3) is 5.91 Å². The first-order valence-electron chi connectivity index (χ1n) is 8.92. The molecule has 1 atom stereocenters. The van der Waals surface area contributed by atoms with Crippen LogP contribution < -0.4 is 5.32 Å². The number of hydrogen-bond donors (Lipinski definition) is 1. The fraction of sp³-hybridized carbons (Fsp3) is 0.526. The van der Waals surface area contributed by atoms with E-state index in [2.05, 4.69) is 5.32 Å². The van der Waals surface area contributed by atoms with Crippen LogP contribution in [0.25, 0.3) is 0 Å². The molecule has 0 spiro atoms. The molecule has 1 aliphatic rings. The quantitative estimate of drug-likeness (QED) is 0.872. The molecule has 27 heavy (non-hydrogen) atoms. The third-order valence-electron chi connectivity index (χ3n) is 3.94. The molecule has 8 nitrogen and oxygen atoms in total. The van der Waals surface area contributed by atoms with Gasteiger partial charge >= 0.3 is 12.2 Å². The van der Waals surface area contributed by atoms with Crippen LogP contribution in [0.1, 0.15) is 39.2 Å². The van der Waals surface area contributed by atoms with Gasteiger partial charge in [-0.3, -0.25) is 4.79 Å². The molecular weight excluding hydrogens is 350 g/mol. The van der Waals surface area contributed by atoms with E-state index in [9.17, 15) is 14.4 Å². The molecule has 0 unspecified atom stereocenters. The van der Waals surface area contributed by atoms with Crippen molar-refractivity contribution in [2.24, 2.45) is 0 Å². The highest BCUT2D eigenvalue weighted by molar-refractivity contribution is 5.87. The lowest BCUT2D eigenvalue weighted by Crippen LogP contribution is -2.58. The second kappa shape index (κ2) is 8.75. The first kappa shape index (κ1) is 20.5. The highest BCUT2D eigenvalue weighted by atomic mass is 16.6. The van der Waals surface area contributed by atoms with Gasteiger partial charge < -0.3 is 14.8 Å². The van der Waals surface area contributed by atoms with Crippen LogP contribution >= 0.6 is 0 Å². The predicted octanol–water partition coefficient (Wildman–Crippen LogP) is 2.69. The van der Waals surface area contributed by atoms with Crippen molar-refractivity contribution in [2.45, 2.75) is 51.9 Å². The van der Waals surface area contributed by atoms with Crippen molar-refractivity contribution in [3.05, 3.63) is 35.9 Å². The predicted molar refractivity (Wildman–Crippen MR) is 98.5 cm³/mol. The van der Waals surface area contributed by atoms with Gasteiger partial charge in [-0.2, -0.15) is 0 Å². The van der Waals surface area contributed by atoms with Gasteiger partial charge in [-0.05, 0) is 39.2 Å². The summed E-state index contributed by atoms with van der Waals surface area (Å²) in [6, 6.07) is 8.54. The molecule has 148 valence electrons. The van der Waals surface area contributed by atoms with E-state index in [-0.39, 0.29) is 12.5 Å². The number of carbonyl (C=O) groups is 3. The molecule has 1 aromatic carbocycles. The van der Waals surface area contributed by atoms with Crippen molar-refractivity contribution in [2.75, 3.05) is 13.6 Å². The minimum Gasteiger partial charge on any atom is -0.444 e. The third-order valence-corrected chi connectivity index (χ3v) is 3.94. The van der Waals surface area contributed by atoms with Crippen molar-refractivity contribution in [3.63, 3.8) is 0 Å². The summed E-state index contributed by atoms with van der Waals surface area (Å²) in [6.45, 7) is 5.74. The Bertz CT molecular complexity index is 672. The lowest BCUT2D eigenvalue weighted by atomic mass is 10.1. The molecule has 0 aromatic heterocycles. The minimum atomic E-state index is -0.738. The summed E-state index contributed by atoms with van der Waals surface area (Å²) in [5, 5.41) is 5.01. The fourth-order valence-electron chi connectivity index (χ4n) is 2.65. The summed E-state index contributed by atoms with van der Waals surface area (Å²) in [5.74, 6) is -0.369. The van der Waals surface area contributed by atoms with Gasteiger partial charge in [0.05, 0.1) is 0 Å². The van der Waals surface area contributed by atoms with E-state index in [1.807, 2.05) is 30.3 Å². The Labute approximate surface area is 159 Å². The van der Waals surface area contributed by atoms with Crippen LogP contribution in [-0.2, 0) is 20.9 Å². The van der Waals surface area contributed by atoms with Crippen molar-refractivity contribution in [1.29, 1.82) is 0 Å². The fourth-order valence-corrected chi connectivity index (χ4v) is 2.65. The topological polar surface area (TPSA) is 88.2 Å². The van der Waals surface area contributed by atoms with Crippen LogP contribution in [0.15, 0.2) is 30.3 Å². The van der Waals surface area contributed by atoms with Gasteiger partial charge in [-0.1, -0.05) is 30.3 Å². The number of nitrogens with zero attached hydrogens (tertiary/aromatic N) is 2. The highest BCUT2D eigenvalue weighted by Gasteiger charge is 2.35. The number of amides is 3. The number of ether oxygens (including phenoxy) is 2. The van der Waals surface area contributed by atoms with Crippen LogP contribution in [0.5, 0.6) is 0 Å². The molecule has 2 rings (SSSR count). The maximum atomic E-state index is 12.7. The largest absolute Gasteiger partial charge is 0.444 e. The van der Waals surface area contributed by atoms with E-state index in [4.69, 9.17) is 9.47 Å². The number of piperidine rings is 1. The Hall–Kier alpha value is -2.77. The molecule has 1 aromatic rings. The molecule has 0 saturated carbocycles. The minimum absolute atomic E-state index is 0.117. The molecule has 0 bridgehead atoms. The monoisotopic (exact) mass is 377 g/mol. The number of nitrogens with one attached hydrogen (secondary N) is 1. The summed E-state index contributed by atoms with van der Waals surface area (Å²) in [6.07, 6.45) is -0.161. The molecule has 1 heterocycles. The summed E-state index contributed by atoms with van der Waals surface area (Å²) in [4.78, 5) is 36.9. The second-order valence-corrected chi connectivity index (χ2v) is 7.37. The Kier molecular flexibility index (Phi) is 6.65. The molecule has 0 radical (unpaired) electrons. The van der Waals surface area contributed by atoms with Crippen molar-refractivity contribution in [3.8, 4) is 0 Å². The zero-order valence-electron chi connectivity index (χ0n) is 16.2. The first-order chi connectivity index (χ1) is 12.7. The van der Waals surface area contributed by atoms with Crippen LogP contribution in [-0.4, -0.2) is 53.3 Å². The number of alkyl carbamates (subject to hydrolysis) is 1. The van der Waals surface area contributed by atoms with Crippen molar-refractivity contribution in [1.82, 2.24) is 15.3 Å². The van der Waals surface area contributed by atoms with Crippen LogP contribution in [0.4, 0.5) is 9.59 Å². The number of rotatable bonds is 4. The maximum absolute atomic E-state index is 12.7. The van der Waals surface area contributed by atoms with Gasteiger partial charge in [0.2, 0.25) is 0 Å². The normalized spacial score (nSPS) is 17.3. The van der Waals surface area contributed by atoms with Gasteiger partial charge in [0, 0.05) is 13.6 Å². The standard InChI is InChI=1S/C19H27N3O5/c1-19(2,3)27-17(24)20-15-11-8-12-22(16(15)23)21(4)18(25)26-13-14-9-6-5-7-10-14/h5-7,9-10,15H,8,11-13H2,1-4H3,(H,20,24)/t15-/m0/s1. The van der Waals surface area contributed by atoms with Crippen LogP contribution in [0.3, 0.4) is 0 Å². The molecule has 1 N–H and O–H groups in total. The van der Waals surface area contributed by atoms with E-state index in [1.165, 1.54) is 12.1 Å². The molecule has 8 heteroatoms. The molecule has 1 aliphatic heterocycles. The summed E-state index contributed by atoms with van der Waals surface area (Å²) in [5.41, 5.74) is 0.202. The molecule has 1 saturated heterocycles. The second-order valence-electron chi connectivity index (χ2n) is 7.37. The van der Waals surface area contributed by atoms with E-state index in [0.29, 0.717) is 19.4 Å². The number of carbonyl (C=O) groups excluding carboxylic acids is 3.